The van der Waals surface area contributed by atoms with Crippen molar-refractivity contribution < 1.29 is 0 Å². The van der Waals surface area contributed by atoms with E-state index in [2.05, 4.69) is 17.9 Å². The number of hydrogen-bond acceptors (Lipinski definition) is 1. The molecule has 1 aliphatic rings. The molecule has 0 aliphatic carbocycles. The lowest BCUT2D eigenvalue weighted by molar-refractivity contribution is 0.801. The Bertz CT molecular complexity index is 448. The number of nitrogens with zero attached hydrogens (tertiary/aromatic N) is 1. The number of hydrogen-bond donors (Lipinski definition) is 0. The number of anilines is 1. The summed E-state index contributed by atoms with van der Waals surface area (Å²) < 4.78 is -1.31. The summed E-state index contributed by atoms with van der Waals surface area (Å²) in [6, 6.07) is 8.08. The largest absolute Gasteiger partial charge is 0.346 e. The molecule has 1 nitrogen and oxygen atoms in total. The number of benzene rings is 1. The predicted molar refractivity (Wildman–Crippen MR) is 76.3 cm³/mol. The van der Waals surface area contributed by atoms with Crippen molar-refractivity contribution in [3.8, 4) is 0 Å². The molecule has 0 spiro atoms. The zero-order valence-electron chi connectivity index (χ0n) is 9.75. The van der Waals surface area contributed by atoms with Crippen LogP contribution >= 0.6 is 34.8 Å². The number of fused-ring (bicyclic) bond motifs is 1. The van der Waals surface area contributed by atoms with Crippen molar-refractivity contribution in [2.45, 2.75) is 23.6 Å². The van der Waals surface area contributed by atoms with Crippen molar-refractivity contribution in [1.29, 1.82) is 0 Å². The van der Waals surface area contributed by atoms with Gasteiger partial charge in [-0.25, -0.2) is 0 Å². The van der Waals surface area contributed by atoms with E-state index in [0.29, 0.717) is 0 Å². The number of allylic oxidation sites excluding steroid dienone is 2. The van der Waals surface area contributed by atoms with E-state index in [1.165, 1.54) is 0 Å². The van der Waals surface area contributed by atoms with Gasteiger partial charge in [0.05, 0.1) is 5.92 Å². The molecule has 0 saturated heterocycles. The summed E-state index contributed by atoms with van der Waals surface area (Å²) >= 11 is 18.2. The fourth-order valence-electron chi connectivity index (χ4n) is 2.30. The van der Waals surface area contributed by atoms with Crippen LogP contribution in [-0.4, -0.2) is 10.3 Å². The van der Waals surface area contributed by atoms with Crippen LogP contribution in [0.1, 0.15) is 25.3 Å². The smallest absolute Gasteiger partial charge is 0.200 e. The average molecular weight is 291 g/mol. The first-order valence-electron chi connectivity index (χ1n) is 5.56. The average Bonchev–Trinajstić information content (AvgIpc) is 2.27. The first-order chi connectivity index (χ1) is 7.95. The molecule has 0 bridgehead atoms. The Morgan fingerprint density at radius 2 is 1.88 bits per heavy atom. The van der Waals surface area contributed by atoms with E-state index in [-0.39, 0.29) is 5.92 Å². The molecule has 0 fully saturated rings. The number of rotatable bonds is 1. The van der Waals surface area contributed by atoms with Gasteiger partial charge in [0.2, 0.25) is 3.79 Å². The molecule has 1 aromatic carbocycles. The quantitative estimate of drug-likeness (QED) is 0.666. The molecular formula is C13H14Cl3N. The minimum Gasteiger partial charge on any atom is -0.346 e. The van der Waals surface area contributed by atoms with Gasteiger partial charge in [-0.15, -0.1) is 0 Å². The van der Waals surface area contributed by atoms with E-state index in [1.54, 1.807) is 0 Å². The molecule has 0 saturated carbocycles. The molecular weight excluding hydrogens is 277 g/mol. The van der Waals surface area contributed by atoms with Crippen LogP contribution in [-0.2, 0) is 0 Å². The highest BCUT2D eigenvalue weighted by Crippen LogP contribution is 2.48. The van der Waals surface area contributed by atoms with E-state index < -0.39 is 3.79 Å². The highest BCUT2D eigenvalue weighted by atomic mass is 35.6. The minimum absolute atomic E-state index is 0.188. The highest BCUT2D eigenvalue weighted by molar-refractivity contribution is 6.68. The fraction of sp³-hybridized carbons (Fsp3) is 0.385. The van der Waals surface area contributed by atoms with E-state index in [1.807, 2.05) is 31.2 Å². The Balaban J connectivity index is 2.56. The van der Waals surface area contributed by atoms with Gasteiger partial charge in [0.25, 0.3) is 0 Å². The molecule has 0 radical (unpaired) electrons. The van der Waals surface area contributed by atoms with E-state index >= 15 is 0 Å². The Morgan fingerprint density at radius 1 is 1.24 bits per heavy atom. The number of alkyl halides is 3. The Labute approximate surface area is 117 Å². The maximum atomic E-state index is 6.06. The van der Waals surface area contributed by atoms with Crippen molar-refractivity contribution in [1.82, 2.24) is 0 Å². The summed E-state index contributed by atoms with van der Waals surface area (Å²) in [4.78, 5) is 2.22. The van der Waals surface area contributed by atoms with Gasteiger partial charge < -0.3 is 4.90 Å². The topological polar surface area (TPSA) is 3.24 Å². The maximum Gasteiger partial charge on any atom is 0.200 e. The number of halogens is 3. The number of para-hydroxylation sites is 1. The fourth-order valence-corrected chi connectivity index (χ4v) is 2.84. The van der Waals surface area contributed by atoms with Crippen molar-refractivity contribution in [2.24, 2.45) is 0 Å². The van der Waals surface area contributed by atoms with Gasteiger partial charge in [-0.05, 0) is 25.5 Å². The predicted octanol–water partition coefficient (Wildman–Crippen LogP) is 4.88. The molecule has 0 aromatic heterocycles. The third-order valence-corrected chi connectivity index (χ3v) is 3.77. The van der Waals surface area contributed by atoms with Crippen LogP contribution in [0.2, 0.25) is 0 Å². The van der Waals surface area contributed by atoms with Crippen LogP contribution in [0.5, 0.6) is 0 Å². The van der Waals surface area contributed by atoms with Crippen LogP contribution < -0.4 is 4.90 Å². The highest BCUT2D eigenvalue weighted by Gasteiger charge is 2.37. The van der Waals surface area contributed by atoms with Crippen LogP contribution in [0.15, 0.2) is 36.0 Å². The Morgan fingerprint density at radius 3 is 2.47 bits per heavy atom. The second-order valence-electron chi connectivity index (χ2n) is 4.13. The summed E-state index contributed by atoms with van der Waals surface area (Å²) in [5.74, 6) is -0.188. The summed E-state index contributed by atoms with van der Waals surface area (Å²) in [5, 5.41) is 0. The van der Waals surface area contributed by atoms with Crippen molar-refractivity contribution in [3.63, 3.8) is 0 Å². The molecule has 4 heteroatoms. The molecule has 17 heavy (non-hydrogen) atoms. The minimum atomic E-state index is -1.31. The normalized spacial score (nSPS) is 19.9. The molecule has 1 unspecified atom stereocenters. The monoisotopic (exact) mass is 289 g/mol. The van der Waals surface area contributed by atoms with Gasteiger partial charge >= 0.3 is 0 Å². The van der Waals surface area contributed by atoms with E-state index in [9.17, 15) is 0 Å². The standard InChI is InChI=1S/C13H14Cl3N/c1-3-17-9(2)8-11(13(14,15)16)10-6-4-5-7-12(10)17/h4-8,11H,3H2,1-2H3. The van der Waals surface area contributed by atoms with Gasteiger partial charge in [0.15, 0.2) is 0 Å². The van der Waals surface area contributed by atoms with Crippen LogP contribution in [0.25, 0.3) is 0 Å². The van der Waals surface area contributed by atoms with Crippen molar-refractivity contribution >= 4 is 40.5 Å². The molecule has 92 valence electrons. The third kappa shape index (κ3) is 2.42. The van der Waals surface area contributed by atoms with Crippen LogP contribution in [0.3, 0.4) is 0 Å². The van der Waals surface area contributed by atoms with Gasteiger partial charge in [0.1, 0.15) is 0 Å². The summed E-state index contributed by atoms with van der Waals surface area (Å²) in [6.45, 7) is 5.07. The van der Waals surface area contributed by atoms with Gasteiger partial charge in [-0.2, -0.15) is 0 Å². The summed E-state index contributed by atoms with van der Waals surface area (Å²) in [5.41, 5.74) is 3.33. The lowest BCUT2D eigenvalue weighted by atomic mass is 9.93. The second-order valence-corrected chi connectivity index (χ2v) is 6.50. The molecule has 1 aromatic rings. The maximum absolute atomic E-state index is 6.06. The lowest BCUT2D eigenvalue weighted by Gasteiger charge is -2.36. The molecule has 1 aliphatic heterocycles. The van der Waals surface area contributed by atoms with Gasteiger partial charge in [-0.3, -0.25) is 0 Å². The first kappa shape index (κ1) is 13.1. The van der Waals surface area contributed by atoms with Crippen LogP contribution in [0, 0.1) is 0 Å². The van der Waals surface area contributed by atoms with Crippen molar-refractivity contribution in [3.05, 3.63) is 41.6 Å². The lowest BCUT2D eigenvalue weighted by Crippen LogP contribution is -2.29. The molecule has 0 amide bonds. The van der Waals surface area contributed by atoms with Gasteiger partial charge in [-0.1, -0.05) is 59.1 Å². The third-order valence-electron chi connectivity index (χ3n) is 3.07. The molecule has 0 N–H and O–H groups in total. The Kier molecular flexibility index (Phi) is 3.63. The van der Waals surface area contributed by atoms with Crippen LogP contribution in [0.4, 0.5) is 5.69 Å². The van der Waals surface area contributed by atoms with E-state index in [4.69, 9.17) is 34.8 Å². The zero-order valence-corrected chi connectivity index (χ0v) is 12.0. The zero-order chi connectivity index (χ0) is 12.6. The van der Waals surface area contributed by atoms with Crippen molar-refractivity contribution in [2.75, 3.05) is 11.4 Å². The summed E-state index contributed by atoms with van der Waals surface area (Å²) in [7, 11) is 0. The molecule has 1 atom stereocenters. The summed E-state index contributed by atoms with van der Waals surface area (Å²) in [6.07, 6.45) is 2.03. The second kappa shape index (κ2) is 4.72. The molecule has 2 rings (SSSR count). The Hall–Kier alpha value is -0.370. The SMILES string of the molecule is CCN1C(C)=CC(C(Cl)(Cl)Cl)c2ccccc21. The van der Waals surface area contributed by atoms with Gasteiger partial charge in [0, 0.05) is 17.9 Å². The van der Waals surface area contributed by atoms with E-state index in [0.717, 1.165) is 23.5 Å². The first-order valence-corrected chi connectivity index (χ1v) is 6.70. The molecule has 1 heterocycles.